The molecule has 1 aliphatic rings. The number of aliphatic hydroxyl groups excluding tert-OH is 1. The van der Waals surface area contributed by atoms with Crippen molar-refractivity contribution in [1.82, 2.24) is 4.90 Å². The predicted octanol–water partition coefficient (Wildman–Crippen LogP) is 1.16. The fraction of sp³-hybridized carbons (Fsp3) is 0.846. The Balaban J connectivity index is 2.97. The van der Waals surface area contributed by atoms with Gasteiger partial charge in [-0.1, -0.05) is 6.92 Å². The lowest BCUT2D eigenvalue weighted by Gasteiger charge is -2.37. The van der Waals surface area contributed by atoms with Crippen molar-refractivity contribution in [2.45, 2.75) is 57.4 Å². The van der Waals surface area contributed by atoms with Crippen LogP contribution in [0.1, 0.15) is 40.0 Å². The van der Waals surface area contributed by atoms with Crippen molar-refractivity contribution in [1.29, 1.82) is 0 Å². The smallest absolute Gasteiger partial charge is 0.323 e. The molecule has 0 aromatic rings. The summed E-state index contributed by atoms with van der Waals surface area (Å²) in [5.74, 6) is -1.32. The Hall–Kier alpha value is -0.750. The lowest BCUT2D eigenvalue weighted by atomic mass is 9.87. The Kier molecular flexibility index (Phi) is 5.26. The van der Waals surface area contributed by atoms with E-state index in [9.17, 15) is 14.7 Å². The normalized spacial score (nSPS) is 25.1. The number of carboxylic acids is 1. The maximum atomic E-state index is 12.6. The zero-order chi connectivity index (χ0) is 14.8. The maximum Gasteiger partial charge on any atom is 0.323 e. The lowest BCUT2D eigenvalue weighted by molar-refractivity contribution is -0.152. The Morgan fingerprint density at radius 3 is 2.37 bits per heavy atom. The van der Waals surface area contributed by atoms with E-state index in [4.69, 9.17) is 5.11 Å². The molecule has 0 saturated heterocycles. The number of carbonyl (C=O) groups is 2. The molecule has 0 aromatic heterocycles. The molecular formula is C13H23NO4S. The highest BCUT2D eigenvalue weighted by Crippen LogP contribution is 2.32. The number of hydrogen-bond donors (Lipinski definition) is 3. The third kappa shape index (κ3) is 3.63. The van der Waals surface area contributed by atoms with Crippen molar-refractivity contribution in [3.8, 4) is 0 Å². The van der Waals surface area contributed by atoms with E-state index in [0.717, 1.165) is 6.42 Å². The van der Waals surface area contributed by atoms with Crippen LogP contribution in [0, 0.1) is 5.41 Å². The van der Waals surface area contributed by atoms with Gasteiger partial charge in [-0.15, -0.1) is 0 Å². The van der Waals surface area contributed by atoms with Gasteiger partial charge >= 0.3 is 5.97 Å². The SMILES string of the molecule is CC(S)C(C)(C)C(=O)N(CC(=O)O)C1CCCC1O. The first-order valence-corrected chi connectivity index (χ1v) is 7.08. The van der Waals surface area contributed by atoms with Gasteiger partial charge in [0.1, 0.15) is 6.54 Å². The zero-order valence-electron chi connectivity index (χ0n) is 11.7. The Labute approximate surface area is 119 Å². The summed E-state index contributed by atoms with van der Waals surface area (Å²) in [4.78, 5) is 24.9. The number of thiol groups is 1. The average molecular weight is 289 g/mol. The highest BCUT2D eigenvalue weighted by atomic mass is 32.1. The van der Waals surface area contributed by atoms with E-state index in [-0.39, 0.29) is 17.7 Å². The minimum Gasteiger partial charge on any atom is -0.480 e. The molecule has 1 aliphatic carbocycles. The molecule has 0 spiro atoms. The van der Waals surface area contributed by atoms with Gasteiger partial charge in [0, 0.05) is 5.25 Å². The molecule has 3 unspecified atom stereocenters. The van der Waals surface area contributed by atoms with Crippen LogP contribution in [0.5, 0.6) is 0 Å². The average Bonchev–Trinajstić information content (AvgIpc) is 2.70. The minimum absolute atomic E-state index is 0.199. The fourth-order valence-corrected chi connectivity index (χ4v) is 2.43. The molecular weight excluding hydrogens is 266 g/mol. The third-order valence-corrected chi connectivity index (χ3v) is 4.65. The lowest BCUT2D eigenvalue weighted by Crippen LogP contribution is -2.53. The number of carboxylic acid groups (broad SMARTS) is 1. The molecule has 0 heterocycles. The highest BCUT2D eigenvalue weighted by Gasteiger charge is 2.42. The van der Waals surface area contributed by atoms with Crippen LogP contribution in [0.3, 0.4) is 0 Å². The van der Waals surface area contributed by atoms with Crippen LogP contribution in [-0.2, 0) is 9.59 Å². The van der Waals surface area contributed by atoms with Gasteiger partial charge in [0.2, 0.25) is 5.91 Å². The van der Waals surface area contributed by atoms with Crippen molar-refractivity contribution in [2.24, 2.45) is 5.41 Å². The molecule has 0 radical (unpaired) electrons. The molecule has 2 N–H and O–H groups in total. The number of rotatable bonds is 5. The molecule has 0 aliphatic heterocycles. The molecule has 0 aromatic carbocycles. The van der Waals surface area contributed by atoms with Crippen LogP contribution < -0.4 is 0 Å². The minimum atomic E-state index is -1.06. The summed E-state index contributed by atoms with van der Waals surface area (Å²) in [6, 6.07) is -0.394. The van der Waals surface area contributed by atoms with Crippen LogP contribution in [0.15, 0.2) is 0 Å². The van der Waals surface area contributed by atoms with Gasteiger partial charge in [0.05, 0.1) is 17.6 Å². The van der Waals surface area contributed by atoms with Gasteiger partial charge in [0.25, 0.3) is 0 Å². The topological polar surface area (TPSA) is 77.8 Å². The second-order valence-electron chi connectivity index (χ2n) is 5.79. The number of aliphatic carboxylic acids is 1. The van der Waals surface area contributed by atoms with E-state index in [1.54, 1.807) is 13.8 Å². The quantitative estimate of drug-likeness (QED) is 0.664. The number of hydrogen-bond acceptors (Lipinski definition) is 4. The van der Waals surface area contributed by atoms with Crippen molar-refractivity contribution >= 4 is 24.5 Å². The number of nitrogens with zero attached hydrogens (tertiary/aromatic N) is 1. The number of amides is 1. The molecule has 6 heteroatoms. The van der Waals surface area contributed by atoms with Crippen LogP contribution in [0.2, 0.25) is 0 Å². The first-order chi connectivity index (χ1) is 8.67. The Morgan fingerprint density at radius 2 is 2.00 bits per heavy atom. The molecule has 110 valence electrons. The van der Waals surface area contributed by atoms with Gasteiger partial charge in [0.15, 0.2) is 0 Å². The first kappa shape index (κ1) is 16.3. The summed E-state index contributed by atoms with van der Waals surface area (Å²) in [5.41, 5.74) is -0.763. The number of carbonyl (C=O) groups excluding carboxylic acids is 1. The molecule has 19 heavy (non-hydrogen) atoms. The molecule has 3 atom stereocenters. The van der Waals surface area contributed by atoms with Crippen molar-refractivity contribution < 1.29 is 19.8 Å². The Morgan fingerprint density at radius 1 is 1.42 bits per heavy atom. The van der Waals surface area contributed by atoms with Gasteiger partial charge in [-0.3, -0.25) is 9.59 Å². The van der Waals surface area contributed by atoms with Crippen molar-refractivity contribution in [3.63, 3.8) is 0 Å². The summed E-state index contributed by atoms with van der Waals surface area (Å²) in [5, 5.41) is 18.7. The van der Waals surface area contributed by atoms with E-state index in [2.05, 4.69) is 12.6 Å². The molecule has 1 fully saturated rings. The van der Waals surface area contributed by atoms with Crippen LogP contribution in [-0.4, -0.2) is 50.9 Å². The molecule has 1 amide bonds. The van der Waals surface area contributed by atoms with Gasteiger partial charge < -0.3 is 15.1 Å². The van der Waals surface area contributed by atoms with E-state index in [1.165, 1.54) is 4.90 Å². The van der Waals surface area contributed by atoms with Gasteiger partial charge in [-0.2, -0.15) is 12.6 Å². The van der Waals surface area contributed by atoms with Crippen molar-refractivity contribution in [2.75, 3.05) is 6.54 Å². The van der Waals surface area contributed by atoms with Gasteiger partial charge in [-0.05, 0) is 33.1 Å². The second-order valence-corrected chi connectivity index (χ2v) is 6.56. The summed E-state index contributed by atoms with van der Waals surface area (Å²) >= 11 is 4.31. The fourth-order valence-electron chi connectivity index (χ4n) is 2.32. The molecule has 1 rings (SSSR count). The monoisotopic (exact) mass is 289 g/mol. The maximum absolute atomic E-state index is 12.6. The van der Waals surface area contributed by atoms with E-state index >= 15 is 0 Å². The summed E-state index contributed by atoms with van der Waals surface area (Å²) in [7, 11) is 0. The van der Waals surface area contributed by atoms with E-state index in [0.29, 0.717) is 12.8 Å². The van der Waals surface area contributed by atoms with Crippen LogP contribution >= 0.6 is 12.6 Å². The second kappa shape index (κ2) is 6.13. The third-order valence-electron chi connectivity index (χ3n) is 4.01. The first-order valence-electron chi connectivity index (χ1n) is 6.57. The zero-order valence-corrected chi connectivity index (χ0v) is 12.6. The van der Waals surface area contributed by atoms with E-state index < -0.39 is 23.5 Å². The van der Waals surface area contributed by atoms with Crippen LogP contribution in [0.4, 0.5) is 0 Å². The highest BCUT2D eigenvalue weighted by molar-refractivity contribution is 7.81. The molecule has 5 nitrogen and oxygen atoms in total. The molecule has 1 saturated carbocycles. The summed E-state index contributed by atoms with van der Waals surface area (Å²) in [6.07, 6.45) is 1.45. The van der Waals surface area contributed by atoms with Crippen molar-refractivity contribution in [3.05, 3.63) is 0 Å². The Bertz CT molecular complexity index is 357. The largest absolute Gasteiger partial charge is 0.480 e. The predicted molar refractivity (Wildman–Crippen MR) is 75.2 cm³/mol. The standard InChI is InChI=1S/C13H23NO4S/c1-8(19)13(2,3)12(18)14(7-11(16)17)9-5-4-6-10(9)15/h8-10,15,19H,4-7H2,1-3H3,(H,16,17). The van der Waals surface area contributed by atoms with Gasteiger partial charge in [-0.25, -0.2) is 0 Å². The summed E-state index contributed by atoms with van der Waals surface area (Å²) in [6.45, 7) is 4.95. The van der Waals surface area contributed by atoms with Crippen LogP contribution in [0.25, 0.3) is 0 Å². The van der Waals surface area contributed by atoms with E-state index in [1.807, 2.05) is 6.92 Å². The number of aliphatic hydroxyl groups is 1. The molecule has 0 bridgehead atoms. The summed E-state index contributed by atoms with van der Waals surface area (Å²) < 4.78 is 0.